The van der Waals surface area contributed by atoms with Crippen molar-refractivity contribution in [3.05, 3.63) is 96.1 Å². The van der Waals surface area contributed by atoms with Gasteiger partial charge >= 0.3 is 0 Å². The minimum absolute atomic E-state index is 0.375. The molecule has 1 aliphatic carbocycles. The maximum Gasteiger partial charge on any atom is 0.0544 e. The zero-order valence-corrected chi connectivity index (χ0v) is 16.2. The normalized spacial score (nSPS) is 15.4. The van der Waals surface area contributed by atoms with Gasteiger partial charge in [-0.2, -0.15) is 0 Å². The van der Waals surface area contributed by atoms with Crippen molar-refractivity contribution in [3.8, 4) is 11.1 Å². The van der Waals surface area contributed by atoms with E-state index in [9.17, 15) is 0 Å². The van der Waals surface area contributed by atoms with Gasteiger partial charge in [0.2, 0.25) is 0 Å². The predicted molar refractivity (Wildman–Crippen MR) is 124 cm³/mol. The topological polar surface area (TPSA) is 15.8 Å². The molecule has 7 rings (SSSR count). The largest absolute Gasteiger partial charge is 0.354 e. The van der Waals surface area contributed by atoms with E-state index in [0.717, 1.165) is 0 Å². The van der Waals surface area contributed by atoms with Crippen LogP contribution in [0.5, 0.6) is 0 Å². The Kier molecular flexibility index (Phi) is 2.79. The third-order valence-corrected chi connectivity index (χ3v) is 6.83. The van der Waals surface area contributed by atoms with Gasteiger partial charge in [-0.25, -0.2) is 0 Å². The molecule has 5 aromatic carbocycles. The van der Waals surface area contributed by atoms with Crippen molar-refractivity contribution in [2.24, 2.45) is 0 Å². The standard InChI is InChI=1S/C28H19N/c1-16-25-19-8-4-2-6-17(19)10-12-21(25)22-14-15-24-27(26(16)22)23-13-11-18-7-3-5-9-20(18)28(23)29-24/h2-16,29H,1H3. The summed E-state index contributed by atoms with van der Waals surface area (Å²) in [6.07, 6.45) is 0. The Morgan fingerprint density at radius 1 is 0.586 bits per heavy atom. The van der Waals surface area contributed by atoms with Crippen LogP contribution < -0.4 is 0 Å². The summed E-state index contributed by atoms with van der Waals surface area (Å²) in [7, 11) is 0. The molecular formula is C28H19N. The molecule has 1 nitrogen and oxygen atoms in total. The highest BCUT2D eigenvalue weighted by Crippen LogP contribution is 2.51. The first-order chi connectivity index (χ1) is 14.3. The molecule has 136 valence electrons. The zero-order valence-electron chi connectivity index (χ0n) is 16.2. The van der Waals surface area contributed by atoms with Crippen LogP contribution in [-0.4, -0.2) is 4.98 Å². The molecule has 1 aromatic heterocycles. The number of aromatic nitrogens is 1. The molecule has 0 bridgehead atoms. The Balaban J connectivity index is 1.64. The van der Waals surface area contributed by atoms with Gasteiger partial charge in [-0.3, -0.25) is 0 Å². The maximum atomic E-state index is 3.74. The fourth-order valence-corrected chi connectivity index (χ4v) is 5.59. The smallest absolute Gasteiger partial charge is 0.0544 e. The van der Waals surface area contributed by atoms with E-state index < -0.39 is 0 Å². The highest BCUT2D eigenvalue weighted by molar-refractivity contribution is 6.19. The van der Waals surface area contributed by atoms with Crippen LogP contribution in [0.15, 0.2) is 84.9 Å². The van der Waals surface area contributed by atoms with Gasteiger partial charge in [-0.15, -0.1) is 0 Å². The maximum absolute atomic E-state index is 3.74. The summed E-state index contributed by atoms with van der Waals surface area (Å²) in [5.41, 5.74) is 8.21. The van der Waals surface area contributed by atoms with Gasteiger partial charge in [0.1, 0.15) is 0 Å². The van der Waals surface area contributed by atoms with Crippen LogP contribution in [0.1, 0.15) is 24.0 Å². The van der Waals surface area contributed by atoms with Crippen LogP contribution in [-0.2, 0) is 0 Å². The van der Waals surface area contributed by atoms with Gasteiger partial charge < -0.3 is 4.98 Å². The van der Waals surface area contributed by atoms with Crippen LogP contribution >= 0.6 is 0 Å². The lowest BCUT2D eigenvalue weighted by atomic mass is 9.92. The minimum Gasteiger partial charge on any atom is -0.354 e. The molecule has 0 amide bonds. The molecule has 1 unspecified atom stereocenters. The average molecular weight is 369 g/mol. The Morgan fingerprint density at radius 3 is 2.10 bits per heavy atom. The summed E-state index contributed by atoms with van der Waals surface area (Å²) in [6, 6.07) is 31.1. The number of hydrogen-bond acceptors (Lipinski definition) is 0. The van der Waals surface area contributed by atoms with Gasteiger partial charge in [0.25, 0.3) is 0 Å². The zero-order chi connectivity index (χ0) is 19.1. The molecule has 0 saturated heterocycles. The first-order valence-electron chi connectivity index (χ1n) is 10.3. The van der Waals surface area contributed by atoms with E-state index in [1.165, 1.54) is 65.6 Å². The first kappa shape index (κ1) is 15.4. The van der Waals surface area contributed by atoms with Crippen LogP contribution in [0.3, 0.4) is 0 Å². The molecule has 1 heteroatoms. The van der Waals surface area contributed by atoms with Gasteiger partial charge in [0, 0.05) is 27.6 Å². The Morgan fingerprint density at radius 2 is 1.24 bits per heavy atom. The van der Waals surface area contributed by atoms with Crippen molar-refractivity contribution in [1.29, 1.82) is 0 Å². The van der Waals surface area contributed by atoms with E-state index in [4.69, 9.17) is 0 Å². The summed E-state index contributed by atoms with van der Waals surface area (Å²) < 4.78 is 0. The Hall–Kier alpha value is -3.58. The molecule has 1 atom stereocenters. The van der Waals surface area contributed by atoms with Crippen LogP contribution in [0.25, 0.3) is 54.5 Å². The van der Waals surface area contributed by atoms with Crippen molar-refractivity contribution in [3.63, 3.8) is 0 Å². The molecule has 0 saturated carbocycles. The monoisotopic (exact) mass is 369 g/mol. The summed E-state index contributed by atoms with van der Waals surface area (Å²) in [4.78, 5) is 3.74. The molecule has 0 fully saturated rings. The van der Waals surface area contributed by atoms with Crippen LogP contribution in [0, 0.1) is 0 Å². The number of benzene rings is 5. The van der Waals surface area contributed by atoms with Crippen LogP contribution in [0.4, 0.5) is 0 Å². The number of aromatic amines is 1. The summed E-state index contributed by atoms with van der Waals surface area (Å²) in [5, 5.41) is 8.00. The van der Waals surface area contributed by atoms with E-state index in [2.05, 4.69) is 96.8 Å². The number of hydrogen-bond donors (Lipinski definition) is 1. The number of fused-ring (bicyclic) bond motifs is 11. The van der Waals surface area contributed by atoms with Crippen LogP contribution in [0.2, 0.25) is 0 Å². The van der Waals surface area contributed by atoms with Crippen molar-refractivity contribution < 1.29 is 0 Å². The fraction of sp³-hybridized carbons (Fsp3) is 0.0714. The second-order valence-corrected chi connectivity index (χ2v) is 8.25. The van der Waals surface area contributed by atoms with E-state index >= 15 is 0 Å². The molecule has 0 radical (unpaired) electrons. The van der Waals surface area contributed by atoms with Crippen molar-refractivity contribution in [2.45, 2.75) is 12.8 Å². The van der Waals surface area contributed by atoms with Crippen molar-refractivity contribution >= 4 is 43.4 Å². The van der Waals surface area contributed by atoms with Gasteiger partial charge in [-0.05, 0) is 44.5 Å². The average Bonchev–Trinajstić information content (AvgIpc) is 3.29. The van der Waals surface area contributed by atoms with Crippen molar-refractivity contribution in [1.82, 2.24) is 4.98 Å². The van der Waals surface area contributed by atoms with Crippen molar-refractivity contribution in [2.75, 3.05) is 0 Å². The van der Waals surface area contributed by atoms with Gasteiger partial charge in [-0.1, -0.05) is 85.8 Å². The van der Waals surface area contributed by atoms with E-state index in [1.54, 1.807) is 0 Å². The van der Waals surface area contributed by atoms with E-state index in [-0.39, 0.29) is 0 Å². The summed E-state index contributed by atoms with van der Waals surface area (Å²) in [5.74, 6) is 0.375. The van der Waals surface area contributed by atoms with Gasteiger partial charge in [0.15, 0.2) is 0 Å². The molecule has 1 N–H and O–H groups in total. The lowest BCUT2D eigenvalue weighted by Gasteiger charge is -2.11. The molecule has 0 spiro atoms. The highest BCUT2D eigenvalue weighted by atomic mass is 14.7. The quantitative estimate of drug-likeness (QED) is 0.281. The second-order valence-electron chi connectivity index (χ2n) is 8.25. The molecule has 0 aliphatic heterocycles. The first-order valence-corrected chi connectivity index (χ1v) is 10.3. The van der Waals surface area contributed by atoms with Gasteiger partial charge in [0.05, 0.1) is 5.52 Å². The number of rotatable bonds is 0. The molecular weight excluding hydrogens is 350 g/mol. The molecule has 1 heterocycles. The molecule has 29 heavy (non-hydrogen) atoms. The molecule has 1 aliphatic rings. The minimum atomic E-state index is 0.375. The number of H-pyrrole nitrogens is 1. The third-order valence-electron chi connectivity index (χ3n) is 6.83. The van der Waals surface area contributed by atoms with E-state index in [0.29, 0.717) is 5.92 Å². The third kappa shape index (κ3) is 1.85. The lowest BCUT2D eigenvalue weighted by Crippen LogP contribution is -1.92. The molecule has 6 aromatic rings. The Labute approximate surface area is 168 Å². The summed E-state index contributed by atoms with van der Waals surface area (Å²) in [6.45, 7) is 2.37. The predicted octanol–water partition coefficient (Wildman–Crippen LogP) is 7.76. The highest BCUT2D eigenvalue weighted by Gasteiger charge is 2.30. The SMILES string of the molecule is CC1c2c(ccc3ccccc23)-c2ccc3[nH]c4c5ccccc5ccc4c3c21. The second kappa shape index (κ2) is 5.27. The summed E-state index contributed by atoms with van der Waals surface area (Å²) >= 11 is 0. The lowest BCUT2D eigenvalue weighted by molar-refractivity contribution is 0.978. The Bertz CT molecular complexity index is 1620. The van der Waals surface area contributed by atoms with E-state index in [1.807, 2.05) is 0 Å². The number of nitrogens with one attached hydrogen (secondary N) is 1. The fourth-order valence-electron chi connectivity index (χ4n) is 5.59.